The summed E-state index contributed by atoms with van der Waals surface area (Å²) in [4.78, 5) is 5.18. The van der Waals surface area contributed by atoms with Crippen LogP contribution >= 0.6 is 0 Å². The normalized spacial score (nSPS) is 12.9. The summed E-state index contributed by atoms with van der Waals surface area (Å²) >= 11 is 0. The van der Waals surface area contributed by atoms with E-state index < -0.39 is 0 Å². The fourth-order valence-corrected chi connectivity index (χ4v) is 0.969. The summed E-state index contributed by atoms with van der Waals surface area (Å²) in [6.07, 6.45) is 0.112. The Balaban J connectivity index is 2.61. The number of nitrogens with one attached hydrogen (secondary N) is 1. The third-order valence-electron chi connectivity index (χ3n) is 1.56. The average Bonchev–Trinajstić information content (AvgIpc) is 2.07. The van der Waals surface area contributed by atoms with Crippen molar-refractivity contribution < 1.29 is 4.84 Å². The van der Waals surface area contributed by atoms with E-state index in [0.29, 0.717) is 0 Å². The van der Waals surface area contributed by atoms with Crippen LogP contribution in [0.5, 0.6) is 0 Å². The van der Waals surface area contributed by atoms with Gasteiger partial charge in [-0.25, -0.2) is 5.48 Å². The summed E-state index contributed by atoms with van der Waals surface area (Å²) in [6, 6.07) is 10.1. The molecular weight excluding hydrogens is 138 g/mol. The summed E-state index contributed by atoms with van der Waals surface area (Å²) in [7, 11) is 1.76. The van der Waals surface area contributed by atoms with Crippen molar-refractivity contribution in [3.63, 3.8) is 0 Å². The first kappa shape index (κ1) is 8.24. The fraction of sp³-hybridized carbons (Fsp3) is 0.333. The Morgan fingerprint density at radius 2 is 1.91 bits per heavy atom. The molecule has 0 saturated carbocycles. The maximum atomic E-state index is 5.18. The molecule has 0 bridgehead atoms. The van der Waals surface area contributed by atoms with Crippen LogP contribution in [0.4, 0.5) is 0 Å². The van der Waals surface area contributed by atoms with E-state index in [-0.39, 0.29) is 6.10 Å². The minimum Gasteiger partial charge on any atom is -0.294 e. The van der Waals surface area contributed by atoms with Gasteiger partial charge in [-0.15, -0.1) is 0 Å². The van der Waals surface area contributed by atoms with Gasteiger partial charge < -0.3 is 0 Å². The highest BCUT2D eigenvalue weighted by Gasteiger charge is 2.01. The molecule has 0 saturated heterocycles. The SMILES string of the molecule is CNOC(C)c1ccccc1. The molecule has 0 heterocycles. The topological polar surface area (TPSA) is 21.3 Å². The van der Waals surface area contributed by atoms with E-state index in [0.717, 1.165) is 0 Å². The molecule has 2 nitrogen and oxygen atoms in total. The summed E-state index contributed by atoms with van der Waals surface area (Å²) in [5, 5.41) is 0. The monoisotopic (exact) mass is 151 g/mol. The van der Waals surface area contributed by atoms with Gasteiger partial charge in [0, 0.05) is 7.05 Å². The molecule has 1 rings (SSSR count). The van der Waals surface area contributed by atoms with E-state index in [1.165, 1.54) is 5.56 Å². The van der Waals surface area contributed by atoms with Crippen molar-refractivity contribution in [1.29, 1.82) is 0 Å². The second-order valence-corrected chi connectivity index (χ2v) is 2.37. The molecule has 1 aromatic carbocycles. The Morgan fingerprint density at radius 1 is 1.27 bits per heavy atom. The van der Waals surface area contributed by atoms with Gasteiger partial charge >= 0.3 is 0 Å². The van der Waals surface area contributed by atoms with Crippen molar-refractivity contribution in [2.24, 2.45) is 0 Å². The molecule has 0 radical (unpaired) electrons. The lowest BCUT2D eigenvalue weighted by Crippen LogP contribution is -2.10. The Kier molecular flexibility index (Phi) is 3.08. The molecule has 0 aliphatic rings. The van der Waals surface area contributed by atoms with E-state index in [2.05, 4.69) is 5.48 Å². The van der Waals surface area contributed by atoms with Crippen LogP contribution in [0, 0.1) is 0 Å². The van der Waals surface area contributed by atoms with Gasteiger partial charge in [-0.3, -0.25) is 4.84 Å². The van der Waals surface area contributed by atoms with Crippen molar-refractivity contribution >= 4 is 0 Å². The van der Waals surface area contributed by atoms with Crippen LogP contribution in [0.2, 0.25) is 0 Å². The summed E-state index contributed by atoms with van der Waals surface area (Å²) in [5.74, 6) is 0. The van der Waals surface area contributed by atoms with Crippen LogP contribution in [-0.4, -0.2) is 7.05 Å². The maximum absolute atomic E-state index is 5.18. The summed E-state index contributed by atoms with van der Waals surface area (Å²) in [5.41, 5.74) is 3.85. The Labute approximate surface area is 67.1 Å². The molecule has 1 atom stereocenters. The van der Waals surface area contributed by atoms with E-state index >= 15 is 0 Å². The number of rotatable bonds is 3. The van der Waals surface area contributed by atoms with Crippen molar-refractivity contribution in [2.45, 2.75) is 13.0 Å². The largest absolute Gasteiger partial charge is 0.294 e. The second-order valence-electron chi connectivity index (χ2n) is 2.37. The molecule has 60 valence electrons. The van der Waals surface area contributed by atoms with Gasteiger partial charge in [-0.2, -0.15) is 0 Å². The molecule has 11 heavy (non-hydrogen) atoms. The Hall–Kier alpha value is -0.860. The highest BCUT2D eigenvalue weighted by molar-refractivity contribution is 5.16. The summed E-state index contributed by atoms with van der Waals surface area (Å²) < 4.78 is 0. The van der Waals surface area contributed by atoms with Crippen molar-refractivity contribution in [1.82, 2.24) is 5.48 Å². The predicted octanol–water partition coefficient (Wildman–Crippen LogP) is 1.90. The van der Waals surface area contributed by atoms with Crippen molar-refractivity contribution in [3.05, 3.63) is 35.9 Å². The molecule has 0 fully saturated rings. The van der Waals surface area contributed by atoms with Crippen LogP contribution in [-0.2, 0) is 4.84 Å². The van der Waals surface area contributed by atoms with Gasteiger partial charge in [-0.05, 0) is 12.5 Å². The third-order valence-corrected chi connectivity index (χ3v) is 1.56. The number of hydrogen-bond acceptors (Lipinski definition) is 2. The van der Waals surface area contributed by atoms with Crippen LogP contribution in [0.25, 0.3) is 0 Å². The van der Waals surface area contributed by atoms with Crippen molar-refractivity contribution in [2.75, 3.05) is 7.05 Å². The predicted molar refractivity (Wildman–Crippen MR) is 45.0 cm³/mol. The zero-order chi connectivity index (χ0) is 8.10. The lowest BCUT2D eigenvalue weighted by molar-refractivity contribution is -0.00259. The summed E-state index contributed by atoms with van der Waals surface area (Å²) in [6.45, 7) is 2.01. The van der Waals surface area contributed by atoms with E-state index in [1.54, 1.807) is 7.05 Å². The molecule has 0 aromatic heterocycles. The van der Waals surface area contributed by atoms with E-state index in [4.69, 9.17) is 4.84 Å². The Bertz CT molecular complexity index is 198. The molecule has 1 aromatic rings. The van der Waals surface area contributed by atoms with Crippen LogP contribution in [0.3, 0.4) is 0 Å². The Morgan fingerprint density at radius 3 is 2.45 bits per heavy atom. The van der Waals surface area contributed by atoms with Gasteiger partial charge in [0.25, 0.3) is 0 Å². The van der Waals surface area contributed by atoms with Crippen LogP contribution in [0.15, 0.2) is 30.3 Å². The molecule has 0 spiro atoms. The lowest BCUT2D eigenvalue weighted by atomic mass is 10.1. The lowest BCUT2D eigenvalue weighted by Gasteiger charge is -2.10. The quantitative estimate of drug-likeness (QED) is 0.666. The first-order valence-electron chi connectivity index (χ1n) is 3.72. The molecule has 0 amide bonds. The van der Waals surface area contributed by atoms with Gasteiger partial charge in [0.05, 0.1) is 0 Å². The number of hydroxylamine groups is 1. The van der Waals surface area contributed by atoms with E-state index in [1.807, 2.05) is 37.3 Å². The molecule has 1 N–H and O–H groups in total. The number of hydrogen-bond donors (Lipinski definition) is 1. The smallest absolute Gasteiger partial charge is 0.101 e. The molecule has 0 aliphatic heterocycles. The molecular formula is C9H13NO. The number of benzene rings is 1. The second kappa shape index (κ2) is 4.11. The molecule has 2 heteroatoms. The highest BCUT2D eigenvalue weighted by Crippen LogP contribution is 2.13. The zero-order valence-electron chi connectivity index (χ0n) is 6.87. The van der Waals surface area contributed by atoms with E-state index in [9.17, 15) is 0 Å². The van der Waals surface area contributed by atoms with Gasteiger partial charge in [0.15, 0.2) is 0 Å². The van der Waals surface area contributed by atoms with Crippen LogP contribution < -0.4 is 5.48 Å². The van der Waals surface area contributed by atoms with Gasteiger partial charge in [-0.1, -0.05) is 30.3 Å². The standard InChI is InChI=1S/C9H13NO/c1-8(11-10-2)9-6-4-3-5-7-9/h3-8,10H,1-2H3. The first-order chi connectivity index (χ1) is 5.34. The molecule has 1 unspecified atom stereocenters. The fourth-order valence-electron chi connectivity index (χ4n) is 0.969. The zero-order valence-corrected chi connectivity index (χ0v) is 6.87. The van der Waals surface area contributed by atoms with Crippen molar-refractivity contribution in [3.8, 4) is 0 Å². The van der Waals surface area contributed by atoms with Gasteiger partial charge in [0.2, 0.25) is 0 Å². The average molecular weight is 151 g/mol. The maximum Gasteiger partial charge on any atom is 0.101 e. The first-order valence-corrected chi connectivity index (χ1v) is 3.72. The third kappa shape index (κ3) is 2.33. The van der Waals surface area contributed by atoms with Crippen LogP contribution in [0.1, 0.15) is 18.6 Å². The highest BCUT2D eigenvalue weighted by atomic mass is 16.7. The molecule has 0 aliphatic carbocycles. The minimum absolute atomic E-state index is 0.112. The van der Waals surface area contributed by atoms with Gasteiger partial charge in [0.1, 0.15) is 6.10 Å². The minimum atomic E-state index is 0.112.